The molecule has 15 heavy (non-hydrogen) atoms. The fraction of sp³-hybridized carbons (Fsp3) is 0.400. The van der Waals surface area contributed by atoms with Crippen molar-refractivity contribution < 1.29 is 9.90 Å². The highest BCUT2D eigenvalue weighted by atomic mass is 16.2. The highest BCUT2D eigenvalue weighted by Crippen LogP contribution is 2.00. The van der Waals surface area contributed by atoms with Gasteiger partial charge in [-0.1, -0.05) is 5.92 Å². The number of H-pyrrole nitrogens is 1. The van der Waals surface area contributed by atoms with Crippen molar-refractivity contribution in [3.63, 3.8) is 0 Å². The molecule has 0 fully saturated rings. The van der Waals surface area contributed by atoms with Crippen LogP contribution in [0.3, 0.4) is 0 Å². The number of primary amides is 1. The molecule has 0 radical (unpaired) electrons. The lowest BCUT2D eigenvalue weighted by molar-refractivity contribution is 0.0996. The van der Waals surface area contributed by atoms with Crippen LogP contribution in [0, 0.1) is 11.8 Å². The third-order valence-corrected chi connectivity index (χ3v) is 1.80. The van der Waals surface area contributed by atoms with Crippen LogP contribution < -0.4 is 5.73 Å². The number of nitrogens with one attached hydrogen (secondary N) is 1. The second-order valence-electron chi connectivity index (χ2n) is 2.97. The standard InChI is InChI=1S/C10H13N3O2/c11-10(15)9-8(12-7-13-9)5-3-1-2-4-6-14/h7,14H,1-2,4,6H2,(H2,11,15)(H,12,13). The molecule has 0 saturated heterocycles. The van der Waals surface area contributed by atoms with E-state index in [1.54, 1.807) is 0 Å². The summed E-state index contributed by atoms with van der Waals surface area (Å²) in [4.78, 5) is 17.4. The predicted molar refractivity (Wildman–Crippen MR) is 54.9 cm³/mol. The number of aliphatic hydroxyl groups is 1. The number of hydrogen-bond donors (Lipinski definition) is 3. The Morgan fingerprint density at radius 1 is 1.60 bits per heavy atom. The van der Waals surface area contributed by atoms with E-state index in [2.05, 4.69) is 21.8 Å². The number of nitrogens with zero attached hydrogens (tertiary/aromatic N) is 1. The molecule has 0 aromatic carbocycles. The molecule has 1 aromatic rings. The van der Waals surface area contributed by atoms with Gasteiger partial charge in [-0.05, 0) is 18.8 Å². The normalized spacial score (nSPS) is 9.40. The molecular formula is C10H13N3O2. The first-order chi connectivity index (χ1) is 7.25. The van der Waals surface area contributed by atoms with Crippen molar-refractivity contribution in [1.29, 1.82) is 0 Å². The number of rotatable bonds is 4. The summed E-state index contributed by atoms with van der Waals surface area (Å²) in [6.45, 7) is 0.179. The zero-order valence-corrected chi connectivity index (χ0v) is 8.29. The fourth-order valence-corrected chi connectivity index (χ4v) is 1.05. The minimum Gasteiger partial charge on any atom is -0.396 e. The summed E-state index contributed by atoms with van der Waals surface area (Å²) in [5.41, 5.74) is 5.71. The summed E-state index contributed by atoms with van der Waals surface area (Å²) in [6.07, 6.45) is 3.64. The molecule has 0 unspecified atom stereocenters. The molecule has 0 aliphatic heterocycles. The van der Waals surface area contributed by atoms with E-state index >= 15 is 0 Å². The van der Waals surface area contributed by atoms with Gasteiger partial charge in [-0.15, -0.1) is 0 Å². The Kier molecular flexibility index (Phi) is 4.38. The van der Waals surface area contributed by atoms with Gasteiger partial charge in [-0.25, -0.2) is 4.98 Å². The molecule has 1 rings (SSSR count). The number of carbonyl (C=O) groups is 1. The van der Waals surface area contributed by atoms with Gasteiger partial charge in [-0.3, -0.25) is 4.79 Å². The number of aromatic nitrogens is 2. The topological polar surface area (TPSA) is 92.0 Å². The first kappa shape index (κ1) is 11.3. The predicted octanol–water partition coefficient (Wildman–Crippen LogP) is 0.0227. The van der Waals surface area contributed by atoms with Crippen LogP contribution in [0.2, 0.25) is 0 Å². The van der Waals surface area contributed by atoms with Crippen molar-refractivity contribution in [1.82, 2.24) is 9.97 Å². The Bertz CT molecular complexity index is 387. The monoisotopic (exact) mass is 207 g/mol. The van der Waals surface area contributed by atoms with Crippen molar-refractivity contribution in [2.45, 2.75) is 19.3 Å². The minimum absolute atomic E-state index is 0.171. The Labute approximate surface area is 87.7 Å². The van der Waals surface area contributed by atoms with Gasteiger partial charge in [0.1, 0.15) is 5.69 Å². The maximum atomic E-state index is 10.9. The fourth-order valence-electron chi connectivity index (χ4n) is 1.05. The first-order valence-electron chi connectivity index (χ1n) is 4.68. The second kappa shape index (κ2) is 5.83. The average molecular weight is 207 g/mol. The van der Waals surface area contributed by atoms with Crippen LogP contribution in [0.25, 0.3) is 0 Å². The van der Waals surface area contributed by atoms with E-state index in [9.17, 15) is 4.79 Å². The summed E-state index contributed by atoms with van der Waals surface area (Å²) >= 11 is 0. The summed E-state index contributed by atoms with van der Waals surface area (Å²) in [7, 11) is 0. The van der Waals surface area contributed by atoms with Crippen LogP contribution in [0.5, 0.6) is 0 Å². The SMILES string of the molecule is NC(=O)c1nc[nH]c1C#CCCCCO. The van der Waals surface area contributed by atoms with Crippen LogP contribution in [0.4, 0.5) is 0 Å². The number of aliphatic hydroxyl groups excluding tert-OH is 1. The molecule has 0 bridgehead atoms. The number of aromatic amines is 1. The van der Waals surface area contributed by atoms with Gasteiger partial charge in [0.25, 0.3) is 5.91 Å². The molecule has 4 N–H and O–H groups in total. The number of nitrogens with two attached hydrogens (primary N) is 1. The van der Waals surface area contributed by atoms with E-state index in [1.807, 2.05) is 0 Å². The summed E-state index contributed by atoms with van der Waals surface area (Å²) in [5.74, 6) is 5.07. The van der Waals surface area contributed by atoms with Crippen molar-refractivity contribution >= 4 is 5.91 Å². The van der Waals surface area contributed by atoms with Gasteiger partial charge in [0, 0.05) is 13.0 Å². The van der Waals surface area contributed by atoms with Crippen molar-refractivity contribution in [3.8, 4) is 11.8 Å². The lowest BCUT2D eigenvalue weighted by atomic mass is 10.2. The van der Waals surface area contributed by atoms with Crippen molar-refractivity contribution in [2.24, 2.45) is 5.73 Å². The van der Waals surface area contributed by atoms with E-state index in [4.69, 9.17) is 10.8 Å². The largest absolute Gasteiger partial charge is 0.396 e. The molecular weight excluding hydrogens is 194 g/mol. The van der Waals surface area contributed by atoms with Crippen LogP contribution in [-0.4, -0.2) is 27.6 Å². The number of amides is 1. The van der Waals surface area contributed by atoms with E-state index in [-0.39, 0.29) is 12.3 Å². The summed E-state index contributed by atoms with van der Waals surface area (Å²) < 4.78 is 0. The van der Waals surface area contributed by atoms with Gasteiger partial charge in [-0.2, -0.15) is 0 Å². The third kappa shape index (κ3) is 3.44. The Morgan fingerprint density at radius 3 is 3.07 bits per heavy atom. The molecule has 0 spiro atoms. The lowest BCUT2D eigenvalue weighted by Crippen LogP contribution is -2.12. The molecule has 1 heterocycles. The third-order valence-electron chi connectivity index (χ3n) is 1.80. The maximum Gasteiger partial charge on any atom is 0.270 e. The zero-order chi connectivity index (χ0) is 11.1. The molecule has 1 aromatic heterocycles. The molecule has 0 aliphatic carbocycles. The van der Waals surface area contributed by atoms with Gasteiger partial charge < -0.3 is 15.8 Å². The van der Waals surface area contributed by atoms with E-state index in [0.29, 0.717) is 12.1 Å². The molecule has 0 aliphatic rings. The van der Waals surface area contributed by atoms with Crippen LogP contribution >= 0.6 is 0 Å². The second-order valence-corrected chi connectivity index (χ2v) is 2.97. The molecule has 5 nitrogen and oxygen atoms in total. The molecule has 80 valence electrons. The Balaban J connectivity index is 2.56. The Hall–Kier alpha value is -1.80. The van der Waals surface area contributed by atoms with Gasteiger partial charge in [0.15, 0.2) is 5.69 Å². The number of imidazole rings is 1. The van der Waals surface area contributed by atoms with Gasteiger partial charge >= 0.3 is 0 Å². The highest BCUT2D eigenvalue weighted by molar-refractivity contribution is 5.92. The van der Waals surface area contributed by atoms with Gasteiger partial charge in [0.2, 0.25) is 0 Å². The van der Waals surface area contributed by atoms with Gasteiger partial charge in [0.05, 0.1) is 6.33 Å². The van der Waals surface area contributed by atoms with Crippen LogP contribution in [0.15, 0.2) is 6.33 Å². The minimum atomic E-state index is -0.587. The number of carbonyl (C=O) groups excluding carboxylic acids is 1. The summed E-state index contributed by atoms with van der Waals surface area (Å²) in [5, 5.41) is 8.54. The first-order valence-corrected chi connectivity index (χ1v) is 4.68. The maximum absolute atomic E-state index is 10.9. The smallest absolute Gasteiger partial charge is 0.270 e. The number of hydrogen-bond acceptors (Lipinski definition) is 3. The number of unbranched alkanes of at least 4 members (excludes halogenated alkanes) is 2. The van der Waals surface area contributed by atoms with Crippen LogP contribution in [0.1, 0.15) is 35.4 Å². The quantitative estimate of drug-likeness (QED) is 0.480. The molecule has 5 heteroatoms. The summed E-state index contributed by atoms with van der Waals surface area (Å²) in [6, 6.07) is 0. The van der Waals surface area contributed by atoms with E-state index < -0.39 is 5.91 Å². The average Bonchev–Trinajstić information content (AvgIpc) is 2.66. The van der Waals surface area contributed by atoms with E-state index in [0.717, 1.165) is 12.8 Å². The molecule has 0 atom stereocenters. The molecule has 1 amide bonds. The Morgan fingerprint density at radius 2 is 2.40 bits per heavy atom. The zero-order valence-electron chi connectivity index (χ0n) is 8.29. The van der Waals surface area contributed by atoms with Crippen molar-refractivity contribution in [3.05, 3.63) is 17.7 Å². The highest BCUT2D eigenvalue weighted by Gasteiger charge is 2.07. The van der Waals surface area contributed by atoms with E-state index in [1.165, 1.54) is 6.33 Å². The molecule has 0 saturated carbocycles. The lowest BCUT2D eigenvalue weighted by Gasteiger charge is -1.89. The van der Waals surface area contributed by atoms with Crippen molar-refractivity contribution in [2.75, 3.05) is 6.61 Å². The van der Waals surface area contributed by atoms with Crippen LogP contribution in [-0.2, 0) is 0 Å².